The van der Waals surface area contributed by atoms with E-state index in [0.29, 0.717) is 56.4 Å². The Labute approximate surface area is 243 Å². The molecule has 11 heteroatoms. The van der Waals surface area contributed by atoms with Crippen LogP contribution >= 0.6 is 39.3 Å². The number of ether oxygens (including phenoxy) is 3. The Kier molecular flexibility index (Phi) is 9.55. The molecule has 0 radical (unpaired) electrons. The number of thioether (sulfide) groups is 1. The second-order valence-electron chi connectivity index (χ2n) is 8.14. The molecule has 1 aromatic heterocycles. The first kappa shape index (κ1) is 28.5. The summed E-state index contributed by atoms with van der Waals surface area (Å²) in [6.45, 7) is 2.77. The van der Waals surface area contributed by atoms with Gasteiger partial charge in [0.1, 0.15) is 28.8 Å². The van der Waals surface area contributed by atoms with Crippen molar-refractivity contribution in [3.63, 3.8) is 0 Å². The standard InChI is InChI=1S/C28H25BrClN3O5S/c1-4-33-26(19-13-20(36-2)15-21(14-19)37-3)31-32-28(33)39-25(27(34)35)12-17-9-10-24(22(29)11-17)38-16-18-7-5-6-8-23(18)30/h5-15H,4,16H2,1-3H3,(H,34,35)/b25-12-. The van der Waals surface area contributed by atoms with E-state index in [1.807, 2.05) is 47.9 Å². The maximum atomic E-state index is 12.2. The zero-order valence-electron chi connectivity index (χ0n) is 21.4. The van der Waals surface area contributed by atoms with E-state index in [2.05, 4.69) is 26.1 Å². The lowest BCUT2D eigenvalue weighted by Crippen LogP contribution is -2.03. The molecule has 3 aromatic carbocycles. The summed E-state index contributed by atoms with van der Waals surface area (Å²) in [5.74, 6) is 1.33. The molecule has 0 saturated heterocycles. The maximum absolute atomic E-state index is 12.2. The molecule has 0 aliphatic carbocycles. The molecule has 0 atom stereocenters. The van der Waals surface area contributed by atoms with Crippen LogP contribution in [0.4, 0.5) is 0 Å². The van der Waals surface area contributed by atoms with Gasteiger partial charge < -0.3 is 23.9 Å². The van der Waals surface area contributed by atoms with Gasteiger partial charge in [0.25, 0.3) is 0 Å². The molecule has 1 heterocycles. The Morgan fingerprint density at radius 2 is 1.79 bits per heavy atom. The molecule has 0 aliphatic heterocycles. The fourth-order valence-electron chi connectivity index (χ4n) is 3.68. The van der Waals surface area contributed by atoms with Crippen LogP contribution in [-0.2, 0) is 17.9 Å². The molecule has 4 aromatic rings. The average molecular weight is 631 g/mol. The molecule has 0 unspecified atom stereocenters. The zero-order valence-corrected chi connectivity index (χ0v) is 24.5. The molecule has 0 bridgehead atoms. The molecule has 0 amide bonds. The number of carboxylic acids is 1. The highest BCUT2D eigenvalue weighted by molar-refractivity contribution is 9.10. The van der Waals surface area contributed by atoms with Gasteiger partial charge in [0.15, 0.2) is 11.0 Å². The predicted octanol–water partition coefficient (Wildman–Crippen LogP) is 7.19. The number of hydrogen-bond acceptors (Lipinski definition) is 7. The Bertz CT molecular complexity index is 1500. The van der Waals surface area contributed by atoms with Crippen molar-refractivity contribution in [2.75, 3.05) is 14.2 Å². The molecular weight excluding hydrogens is 606 g/mol. The Morgan fingerprint density at radius 3 is 2.41 bits per heavy atom. The van der Waals surface area contributed by atoms with Gasteiger partial charge >= 0.3 is 5.97 Å². The molecule has 4 rings (SSSR count). The van der Waals surface area contributed by atoms with Crippen molar-refractivity contribution in [3.8, 4) is 28.6 Å². The highest BCUT2D eigenvalue weighted by atomic mass is 79.9. The van der Waals surface area contributed by atoms with Crippen LogP contribution in [0.1, 0.15) is 18.1 Å². The molecule has 0 saturated carbocycles. The quantitative estimate of drug-likeness (QED) is 0.137. The van der Waals surface area contributed by atoms with Gasteiger partial charge in [0.05, 0.1) is 18.7 Å². The molecule has 0 fully saturated rings. The summed E-state index contributed by atoms with van der Waals surface area (Å²) in [5, 5.41) is 19.6. The van der Waals surface area contributed by atoms with Crippen LogP contribution in [0.25, 0.3) is 17.5 Å². The predicted molar refractivity (Wildman–Crippen MR) is 156 cm³/mol. The summed E-state index contributed by atoms with van der Waals surface area (Å²) in [7, 11) is 3.15. The van der Waals surface area contributed by atoms with Crippen molar-refractivity contribution in [1.82, 2.24) is 14.8 Å². The highest BCUT2D eigenvalue weighted by Crippen LogP contribution is 2.34. The number of hydrogen-bond donors (Lipinski definition) is 1. The highest BCUT2D eigenvalue weighted by Gasteiger charge is 2.19. The summed E-state index contributed by atoms with van der Waals surface area (Å²) in [5.41, 5.74) is 2.29. The smallest absolute Gasteiger partial charge is 0.342 e. The molecule has 0 aliphatic rings. The van der Waals surface area contributed by atoms with Gasteiger partial charge in [-0.15, -0.1) is 10.2 Å². The number of rotatable bonds is 11. The minimum absolute atomic E-state index is 0.0866. The third kappa shape index (κ3) is 6.95. The SMILES string of the molecule is CCn1c(S/C(=C\c2ccc(OCc3ccccc3Cl)c(Br)c2)C(=O)O)nnc1-c1cc(OC)cc(OC)c1. The summed E-state index contributed by atoms with van der Waals surface area (Å²) in [4.78, 5) is 12.3. The second kappa shape index (κ2) is 13.1. The van der Waals surface area contributed by atoms with Crippen LogP contribution in [0.2, 0.25) is 5.02 Å². The number of nitrogens with zero attached hydrogens (tertiary/aromatic N) is 3. The topological polar surface area (TPSA) is 95.7 Å². The van der Waals surface area contributed by atoms with Crippen LogP contribution in [-0.4, -0.2) is 40.1 Å². The van der Waals surface area contributed by atoms with Crippen molar-refractivity contribution in [2.45, 2.75) is 25.2 Å². The molecule has 39 heavy (non-hydrogen) atoms. The third-order valence-corrected chi connectivity index (χ3v) is 7.63. The van der Waals surface area contributed by atoms with E-state index in [9.17, 15) is 9.90 Å². The number of carboxylic acid groups (broad SMARTS) is 1. The van der Waals surface area contributed by atoms with Gasteiger partial charge in [-0.25, -0.2) is 4.79 Å². The monoisotopic (exact) mass is 629 g/mol. The van der Waals surface area contributed by atoms with E-state index in [1.165, 1.54) is 0 Å². The molecular formula is C28H25BrClN3O5S. The first-order chi connectivity index (χ1) is 18.8. The van der Waals surface area contributed by atoms with E-state index in [4.69, 9.17) is 25.8 Å². The largest absolute Gasteiger partial charge is 0.497 e. The summed E-state index contributed by atoms with van der Waals surface area (Å²) >= 11 is 10.8. The minimum atomic E-state index is -1.08. The Morgan fingerprint density at radius 1 is 1.08 bits per heavy atom. The first-order valence-electron chi connectivity index (χ1n) is 11.8. The van der Waals surface area contributed by atoms with Gasteiger partial charge in [-0.3, -0.25) is 0 Å². The number of benzene rings is 3. The Hall–Kier alpha value is -3.47. The lowest BCUT2D eigenvalue weighted by molar-refractivity contribution is -0.131. The second-order valence-corrected chi connectivity index (χ2v) is 10.4. The van der Waals surface area contributed by atoms with E-state index in [1.54, 1.807) is 44.6 Å². The van der Waals surface area contributed by atoms with Crippen molar-refractivity contribution in [1.29, 1.82) is 0 Å². The van der Waals surface area contributed by atoms with E-state index < -0.39 is 5.97 Å². The third-order valence-electron chi connectivity index (χ3n) is 5.65. The van der Waals surface area contributed by atoms with E-state index >= 15 is 0 Å². The van der Waals surface area contributed by atoms with Crippen LogP contribution in [0.3, 0.4) is 0 Å². The molecule has 8 nitrogen and oxygen atoms in total. The summed E-state index contributed by atoms with van der Waals surface area (Å²) < 4.78 is 19.2. The number of halogens is 2. The number of aliphatic carboxylic acids is 1. The average Bonchev–Trinajstić information content (AvgIpc) is 3.35. The first-order valence-corrected chi connectivity index (χ1v) is 13.8. The lowest BCUT2D eigenvalue weighted by Gasteiger charge is -2.11. The number of methoxy groups -OCH3 is 2. The summed E-state index contributed by atoms with van der Waals surface area (Å²) in [6.07, 6.45) is 1.58. The van der Waals surface area contributed by atoms with Gasteiger partial charge in [-0.1, -0.05) is 35.9 Å². The van der Waals surface area contributed by atoms with Crippen molar-refractivity contribution < 1.29 is 24.1 Å². The Balaban J connectivity index is 1.57. The van der Waals surface area contributed by atoms with E-state index in [-0.39, 0.29) is 4.91 Å². The molecule has 1 N–H and O–H groups in total. The number of carbonyl (C=O) groups is 1. The van der Waals surface area contributed by atoms with Crippen molar-refractivity contribution in [3.05, 3.63) is 86.2 Å². The zero-order chi connectivity index (χ0) is 27.9. The van der Waals surface area contributed by atoms with Gasteiger partial charge in [0.2, 0.25) is 0 Å². The maximum Gasteiger partial charge on any atom is 0.342 e. The van der Waals surface area contributed by atoms with Crippen LogP contribution in [0.5, 0.6) is 17.2 Å². The minimum Gasteiger partial charge on any atom is -0.497 e. The fraction of sp³-hybridized carbons (Fsp3) is 0.179. The fourth-order valence-corrected chi connectivity index (χ4v) is 5.27. The summed E-state index contributed by atoms with van der Waals surface area (Å²) in [6, 6.07) is 18.2. The van der Waals surface area contributed by atoms with Gasteiger partial charge in [0, 0.05) is 28.8 Å². The van der Waals surface area contributed by atoms with Crippen LogP contribution in [0.15, 0.2) is 75.2 Å². The van der Waals surface area contributed by atoms with Crippen molar-refractivity contribution >= 4 is 51.3 Å². The molecule has 202 valence electrons. The van der Waals surface area contributed by atoms with Crippen molar-refractivity contribution in [2.24, 2.45) is 0 Å². The van der Waals surface area contributed by atoms with Gasteiger partial charge in [-0.05, 0) is 76.6 Å². The van der Waals surface area contributed by atoms with E-state index in [0.717, 1.165) is 22.9 Å². The van der Waals surface area contributed by atoms with Crippen LogP contribution < -0.4 is 14.2 Å². The van der Waals surface area contributed by atoms with Crippen LogP contribution in [0, 0.1) is 0 Å². The normalized spacial score (nSPS) is 11.4. The van der Waals surface area contributed by atoms with Gasteiger partial charge in [-0.2, -0.15) is 0 Å². The molecule has 0 spiro atoms. The lowest BCUT2D eigenvalue weighted by atomic mass is 10.2. The number of aromatic nitrogens is 3.